The molecule has 0 aliphatic heterocycles. The van der Waals surface area contributed by atoms with Crippen molar-refractivity contribution < 1.29 is 9.21 Å². The summed E-state index contributed by atoms with van der Waals surface area (Å²) >= 11 is 3.05. The van der Waals surface area contributed by atoms with Crippen molar-refractivity contribution in [1.29, 1.82) is 0 Å². The molecular weight excluding hydrogens is 332 g/mol. The molecule has 0 atom stereocenters. The van der Waals surface area contributed by atoms with Crippen LogP contribution in [0, 0.1) is 0 Å². The molecule has 23 heavy (non-hydrogen) atoms. The lowest BCUT2D eigenvalue weighted by atomic mass is 10.3. The van der Waals surface area contributed by atoms with Crippen LogP contribution < -0.4 is 5.32 Å². The first-order chi connectivity index (χ1) is 11.3. The summed E-state index contributed by atoms with van der Waals surface area (Å²) in [6.07, 6.45) is 3.13. The third-order valence-electron chi connectivity index (χ3n) is 3.56. The highest BCUT2D eigenvalue weighted by Gasteiger charge is 2.26. The molecule has 1 amide bonds. The van der Waals surface area contributed by atoms with Gasteiger partial charge in [-0.05, 0) is 24.3 Å². The number of carbonyl (C=O) groups excluding carboxylic acids is 1. The van der Waals surface area contributed by atoms with Crippen LogP contribution in [0.3, 0.4) is 0 Å². The molecule has 0 radical (unpaired) electrons. The molecule has 1 aliphatic carbocycles. The van der Waals surface area contributed by atoms with Crippen LogP contribution in [0.4, 0.5) is 5.13 Å². The van der Waals surface area contributed by atoms with Crippen LogP contribution in [-0.4, -0.2) is 21.1 Å². The van der Waals surface area contributed by atoms with Gasteiger partial charge in [0.1, 0.15) is 0 Å². The molecular formula is C15H14N4O2S2. The molecule has 0 unspecified atom stereocenters. The number of nitrogens with one attached hydrogen (secondary N) is 1. The van der Waals surface area contributed by atoms with Crippen molar-refractivity contribution in [3.8, 4) is 11.5 Å². The smallest absolute Gasteiger partial charge is 0.248 e. The molecule has 1 aliphatic rings. The lowest BCUT2D eigenvalue weighted by Gasteiger charge is -1.99. The number of amides is 1. The highest BCUT2D eigenvalue weighted by molar-refractivity contribution is 7.14. The van der Waals surface area contributed by atoms with Crippen molar-refractivity contribution in [2.45, 2.75) is 31.6 Å². The van der Waals surface area contributed by atoms with Gasteiger partial charge in [-0.25, -0.2) is 4.98 Å². The zero-order valence-electron chi connectivity index (χ0n) is 12.2. The quantitative estimate of drug-likeness (QED) is 0.736. The molecule has 6 nitrogen and oxygen atoms in total. The average molecular weight is 346 g/mol. The summed E-state index contributed by atoms with van der Waals surface area (Å²) in [5.74, 6) is 1.48. The summed E-state index contributed by atoms with van der Waals surface area (Å²) in [6.45, 7) is 0. The summed E-state index contributed by atoms with van der Waals surface area (Å²) in [5, 5.41) is 17.4. The minimum Gasteiger partial charge on any atom is -0.421 e. The van der Waals surface area contributed by atoms with Gasteiger partial charge in [-0.1, -0.05) is 0 Å². The molecule has 0 aromatic carbocycles. The molecule has 0 spiro atoms. The van der Waals surface area contributed by atoms with Gasteiger partial charge in [0, 0.05) is 35.1 Å². The van der Waals surface area contributed by atoms with Crippen LogP contribution in [0.15, 0.2) is 26.6 Å². The maximum absolute atomic E-state index is 12.0. The van der Waals surface area contributed by atoms with Crippen LogP contribution in [0.5, 0.6) is 0 Å². The van der Waals surface area contributed by atoms with Crippen molar-refractivity contribution in [2.24, 2.45) is 0 Å². The lowest BCUT2D eigenvalue weighted by molar-refractivity contribution is -0.116. The third-order valence-corrected chi connectivity index (χ3v) is 5.02. The van der Waals surface area contributed by atoms with Crippen molar-refractivity contribution in [2.75, 3.05) is 5.32 Å². The molecule has 0 bridgehead atoms. The predicted octanol–water partition coefficient (Wildman–Crippen LogP) is 3.70. The Hall–Kier alpha value is -2.06. The second kappa shape index (κ2) is 6.21. The van der Waals surface area contributed by atoms with Gasteiger partial charge in [-0.2, -0.15) is 11.3 Å². The Balaban J connectivity index is 1.30. The number of aromatic nitrogens is 3. The number of nitrogens with zero attached hydrogens (tertiary/aromatic N) is 3. The van der Waals surface area contributed by atoms with Gasteiger partial charge in [-0.15, -0.1) is 21.5 Å². The topological polar surface area (TPSA) is 80.9 Å². The van der Waals surface area contributed by atoms with Gasteiger partial charge >= 0.3 is 0 Å². The number of thiazole rings is 1. The fraction of sp³-hybridized carbons (Fsp3) is 0.333. The Morgan fingerprint density at radius 3 is 3.04 bits per heavy atom. The van der Waals surface area contributed by atoms with Crippen LogP contribution in [-0.2, 0) is 11.2 Å². The molecule has 0 saturated heterocycles. The van der Waals surface area contributed by atoms with E-state index in [-0.39, 0.29) is 5.91 Å². The summed E-state index contributed by atoms with van der Waals surface area (Å²) in [6, 6.07) is 1.93. The molecule has 1 saturated carbocycles. The van der Waals surface area contributed by atoms with E-state index in [1.54, 1.807) is 11.3 Å². The van der Waals surface area contributed by atoms with Gasteiger partial charge in [0.2, 0.25) is 17.7 Å². The van der Waals surface area contributed by atoms with Gasteiger partial charge < -0.3 is 9.73 Å². The Bertz CT molecular complexity index is 805. The molecule has 3 aromatic rings. The minimum absolute atomic E-state index is 0.0861. The Morgan fingerprint density at radius 2 is 2.26 bits per heavy atom. The Morgan fingerprint density at radius 1 is 1.35 bits per heavy atom. The van der Waals surface area contributed by atoms with Crippen LogP contribution >= 0.6 is 22.7 Å². The summed E-state index contributed by atoms with van der Waals surface area (Å²) < 4.78 is 5.56. The second-order valence-electron chi connectivity index (χ2n) is 5.41. The highest BCUT2D eigenvalue weighted by atomic mass is 32.1. The first kappa shape index (κ1) is 14.5. The lowest BCUT2D eigenvalue weighted by Crippen LogP contribution is -2.12. The summed E-state index contributed by atoms with van der Waals surface area (Å²) in [5.41, 5.74) is 2.01. The largest absolute Gasteiger partial charge is 0.421 e. The predicted molar refractivity (Wildman–Crippen MR) is 88.7 cm³/mol. The van der Waals surface area contributed by atoms with E-state index in [1.165, 1.54) is 24.2 Å². The fourth-order valence-corrected chi connectivity index (χ4v) is 3.61. The van der Waals surface area contributed by atoms with Crippen molar-refractivity contribution in [3.63, 3.8) is 0 Å². The third kappa shape index (κ3) is 3.48. The van der Waals surface area contributed by atoms with Crippen LogP contribution in [0.2, 0.25) is 0 Å². The number of aryl methyl sites for hydroxylation is 1. The van der Waals surface area contributed by atoms with E-state index < -0.39 is 0 Å². The van der Waals surface area contributed by atoms with E-state index in [1.807, 2.05) is 22.2 Å². The van der Waals surface area contributed by atoms with Gasteiger partial charge in [0.15, 0.2) is 5.13 Å². The van der Waals surface area contributed by atoms with Gasteiger partial charge in [0.25, 0.3) is 0 Å². The normalized spacial score (nSPS) is 14.1. The molecule has 3 heterocycles. The molecule has 3 aromatic heterocycles. The van der Waals surface area contributed by atoms with Crippen LogP contribution in [0.1, 0.15) is 36.8 Å². The van der Waals surface area contributed by atoms with Crippen molar-refractivity contribution in [1.82, 2.24) is 15.2 Å². The molecule has 8 heteroatoms. The Kier molecular flexibility index (Phi) is 3.92. The number of anilines is 1. The average Bonchev–Trinajstić information content (AvgIpc) is 3.00. The minimum atomic E-state index is -0.0861. The maximum atomic E-state index is 12.0. The Labute approximate surface area is 140 Å². The monoisotopic (exact) mass is 346 g/mol. The summed E-state index contributed by atoms with van der Waals surface area (Å²) in [7, 11) is 0. The maximum Gasteiger partial charge on any atom is 0.248 e. The van der Waals surface area contributed by atoms with E-state index in [0.717, 1.165) is 11.3 Å². The molecule has 4 rings (SSSR count). The zero-order valence-corrected chi connectivity index (χ0v) is 13.8. The molecule has 118 valence electrons. The van der Waals surface area contributed by atoms with Gasteiger partial charge in [0.05, 0.1) is 5.69 Å². The van der Waals surface area contributed by atoms with Crippen LogP contribution in [0.25, 0.3) is 11.5 Å². The van der Waals surface area contributed by atoms with E-state index >= 15 is 0 Å². The van der Waals surface area contributed by atoms with Crippen molar-refractivity contribution in [3.05, 3.63) is 33.8 Å². The first-order valence-corrected chi connectivity index (χ1v) is 9.20. The van der Waals surface area contributed by atoms with E-state index in [4.69, 9.17) is 4.42 Å². The highest BCUT2D eigenvalue weighted by Crippen LogP contribution is 2.40. The SMILES string of the molecule is O=C(CCc1nnc(-c2ccsc2)o1)Nc1nc(C2CC2)cs1. The number of hydrogen-bond acceptors (Lipinski definition) is 7. The number of rotatable bonds is 6. The molecule has 1 N–H and O–H groups in total. The first-order valence-electron chi connectivity index (χ1n) is 7.38. The second-order valence-corrected chi connectivity index (χ2v) is 7.05. The van der Waals surface area contributed by atoms with E-state index in [0.29, 0.717) is 35.7 Å². The molecule has 1 fully saturated rings. The number of hydrogen-bond donors (Lipinski definition) is 1. The standard InChI is InChI=1S/C15H14N4O2S2/c20-12(17-15-16-11(8-23-15)9-1-2-9)3-4-13-18-19-14(21-13)10-5-6-22-7-10/h5-9H,1-4H2,(H,16,17,20). The fourth-order valence-electron chi connectivity index (χ4n) is 2.17. The number of thiophene rings is 1. The van der Waals surface area contributed by atoms with Crippen molar-refractivity contribution >= 4 is 33.7 Å². The van der Waals surface area contributed by atoms with E-state index in [2.05, 4.69) is 20.5 Å². The number of carbonyl (C=O) groups is 1. The van der Waals surface area contributed by atoms with Gasteiger partial charge in [-0.3, -0.25) is 4.79 Å². The van der Waals surface area contributed by atoms with E-state index in [9.17, 15) is 4.79 Å². The zero-order chi connectivity index (χ0) is 15.6. The summed E-state index contributed by atoms with van der Waals surface area (Å²) in [4.78, 5) is 16.4.